The maximum Gasteiger partial charge on any atom is 0.230 e. The van der Waals surface area contributed by atoms with E-state index in [0.717, 1.165) is 0 Å². The van der Waals surface area contributed by atoms with Gasteiger partial charge in [-0.2, -0.15) is 0 Å². The number of carbonyl (C=O) groups excluding carboxylic acids is 1. The van der Waals surface area contributed by atoms with Crippen molar-refractivity contribution in [1.29, 1.82) is 0 Å². The fourth-order valence-electron chi connectivity index (χ4n) is 3.62. The molecule has 1 N–H and O–H groups in total. The van der Waals surface area contributed by atoms with Crippen molar-refractivity contribution in [3.63, 3.8) is 0 Å². The maximum absolute atomic E-state index is 12.1. The van der Waals surface area contributed by atoms with Gasteiger partial charge in [-0.05, 0) is 46.9 Å². The van der Waals surface area contributed by atoms with E-state index in [1.165, 1.54) is 41.7 Å². The lowest BCUT2D eigenvalue weighted by Crippen LogP contribution is -2.31. The molecule has 0 aromatic heterocycles. The van der Waals surface area contributed by atoms with Gasteiger partial charge in [-0.15, -0.1) is 23.5 Å². The van der Waals surface area contributed by atoms with Crippen molar-refractivity contribution in [2.24, 2.45) is 0 Å². The summed E-state index contributed by atoms with van der Waals surface area (Å²) < 4.78 is 5.01. The molecule has 30 heavy (non-hydrogen) atoms. The van der Waals surface area contributed by atoms with Gasteiger partial charge < -0.3 is 10.1 Å². The lowest BCUT2D eigenvalue weighted by atomic mass is 9.81. The van der Waals surface area contributed by atoms with Gasteiger partial charge in [0.1, 0.15) is 0 Å². The molecule has 2 rings (SSSR count). The van der Waals surface area contributed by atoms with E-state index in [1.54, 1.807) is 7.11 Å². The summed E-state index contributed by atoms with van der Waals surface area (Å²) in [6, 6.07) is 7.18. The van der Waals surface area contributed by atoms with Gasteiger partial charge >= 0.3 is 0 Å². The zero-order chi connectivity index (χ0) is 22.4. The molecule has 170 valence electrons. The summed E-state index contributed by atoms with van der Waals surface area (Å²) in [5, 5.41) is 4.05. The van der Waals surface area contributed by atoms with Crippen LogP contribution in [0, 0.1) is 0 Å². The summed E-state index contributed by atoms with van der Waals surface area (Å²) in [6.07, 6.45) is 5.01. The van der Waals surface area contributed by atoms with Crippen LogP contribution in [-0.2, 0) is 20.4 Å². The van der Waals surface area contributed by atoms with Crippen LogP contribution >= 0.6 is 23.5 Å². The molecule has 0 aliphatic heterocycles. The van der Waals surface area contributed by atoms with E-state index in [0.29, 0.717) is 29.4 Å². The highest BCUT2D eigenvalue weighted by Crippen LogP contribution is 2.41. The van der Waals surface area contributed by atoms with Gasteiger partial charge in [-0.25, -0.2) is 0 Å². The van der Waals surface area contributed by atoms with Crippen LogP contribution in [0.3, 0.4) is 0 Å². The predicted molar refractivity (Wildman–Crippen MR) is 133 cm³/mol. The van der Waals surface area contributed by atoms with Gasteiger partial charge in [-0.1, -0.05) is 60.5 Å². The van der Waals surface area contributed by atoms with Gasteiger partial charge in [0.2, 0.25) is 5.91 Å². The topological polar surface area (TPSA) is 38.3 Å². The first-order valence-corrected chi connectivity index (χ1v) is 13.1. The Morgan fingerprint density at radius 1 is 1.00 bits per heavy atom. The van der Waals surface area contributed by atoms with Crippen molar-refractivity contribution in [3.8, 4) is 0 Å². The van der Waals surface area contributed by atoms with E-state index >= 15 is 0 Å². The molecule has 1 saturated carbocycles. The summed E-state index contributed by atoms with van der Waals surface area (Å²) in [4.78, 5) is 13.5. The molecule has 0 bridgehead atoms. The van der Waals surface area contributed by atoms with Crippen LogP contribution in [0.5, 0.6) is 0 Å². The molecular weight excluding hydrogens is 410 g/mol. The fourth-order valence-corrected chi connectivity index (χ4v) is 6.49. The molecule has 0 radical (unpaired) electrons. The number of ether oxygens (including phenoxy) is 1. The van der Waals surface area contributed by atoms with Gasteiger partial charge in [0, 0.05) is 29.0 Å². The second-order valence-electron chi connectivity index (χ2n) is 10.4. The van der Waals surface area contributed by atoms with E-state index < -0.39 is 0 Å². The van der Waals surface area contributed by atoms with Crippen LogP contribution in [0.4, 0.5) is 0 Å². The lowest BCUT2D eigenvalue weighted by molar-refractivity contribution is -0.118. The number of hydrogen-bond acceptors (Lipinski definition) is 4. The van der Waals surface area contributed by atoms with E-state index in [-0.39, 0.29) is 16.7 Å². The number of methoxy groups -OCH3 is 1. The van der Waals surface area contributed by atoms with E-state index in [9.17, 15) is 4.79 Å². The van der Waals surface area contributed by atoms with Crippen LogP contribution in [0.2, 0.25) is 0 Å². The maximum atomic E-state index is 12.1. The molecule has 0 heterocycles. The minimum absolute atomic E-state index is 0.121. The Morgan fingerprint density at radius 3 is 2.10 bits per heavy atom. The number of hydrogen-bond donors (Lipinski definition) is 1. The average Bonchev–Trinajstić information content (AvgIpc) is 2.66. The molecule has 1 aliphatic rings. The average molecular weight is 452 g/mol. The van der Waals surface area contributed by atoms with Crippen molar-refractivity contribution < 1.29 is 9.53 Å². The quantitative estimate of drug-likeness (QED) is 0.479. The van der Waals surface area contributed by atoms with Crippen LogP contribution in [-0.4, -0.2) is 42.4 Å². The Balaban J connectivity index is 2.11. The minimum atomic E-state index is 0.121. The minimum Gasteiger partial charge on any atom is -0.383 e. The predicted octanol–water partition coefficient (Wildman–Crippen LogP) is 6.18. The molecule has 1 aliphatic carbocycles. The molecule has 1 aromatic carbocycles. The second-order valence-corrected chi connectivity index (χ2v) is 12.9. The SMILES string of the molecule is COCCNC(=O)CS[C@@H]1CCCC[C@H]1Sc1cc(C(C)(C)C)cc(C(C)(C)C)c1. The zero-order valence-electron chi connectivity index (χ0n) is 20.0. The van der Waals surface area contributed by atoms with Crippen molar-refractivity contribution in [2.75, 3.05) is 26.0 Å². The summed E-state index contributed by atoms with van der Waals surface area (Å²) in [7, 11) is 1.66. The number of rotatable bonds is 8. The highest BCUT2D eigenvalue weighted by molar-refractivity contribution is 8.04. The molecule has 2 atom stereocenters. The Morgan fingerprint density at radius 2 is 1.57 bits per heavy atom. The summed E-state index contributed by atoms with van der Waals surface area (Å²) in [5.74, 6) is 0.664. The van der Waals surface area contributed by atoms with E-state index in [2.05, 4.69) is 65.1 Å². The van der Waals surface area contributed by atoms with Crippen molar-refractivity contribution in [2.45, 2.75) is 93.5 Å². The first-order chi connectivity index (χ1) is 14.0. The second kappa shape index (κ2) is 11.3. The molecule has 1 aromatic rings. The zero-order valence-corrected chi connectivity index (χ0v) is 21.6. The molecule has 0 saturated heterocycles. The van der Waals surface area contributed by atoms with E-state index in [1.807, 2.05) is 23.5 Å². The van der Waals surface area contributed by atoms with Crippen molar-refractivity contribution in [1.82, 2.24) is 5.32 Å². The first-order valence-electron chi connectivity index (χ1n) is 11.2. The van der Waals surface area contributed by atoms with Crippen molar-refractivity contribution in [3.05, 3.63) is 29.3 Å². The molecular formula is C25H41NO2S2. The number of amides is 1. The summed E-state index contributed by atoms with van der Waals surface area (Å²) >= 11 is 3.87. The number of carbonyl (C=O) groups is 1. The number of nitrogens with one attached hydrogen (secondary N) is 1. The molecule has 0 spiro atoms. The Labute approximate surface area is 192 Å². The molecule has 1 amide bonds. The van der Waals surface area contributed by atoms with Gasteiger partial charge in [0.15, 0.2) is 0 Å². The third kappa shape index (κ3) is 8.12. The Hall–Kier alpha value is -0.650. The van der Waals surface area contributed by atoms with Gasteiger partial charge in [0.25, 0.3) is 0 Å². The largest absolute Gasteiger partial charge is 0.383 e. The number of thioether (sulfide) groups is 2. The van der Waals surface area contributed by atoms with Crippen LogP contribution in [0.25, 0.3) is 0 Å². The smallest absolute Gasteiger partial charge is 0.230 e. The summed E-state index contributed by atoms with van der Waals surface area (Å²) in [6.45, 7) is 14.9. The van der Waals surface area contributed by atoms with Crippen LogP contribution < -0.4 is 5.32 Å². The highest BCUT2D eigenvalue weighted by atomic mass is 32.2. The Bertz CT molecular complexity index is 659. The third-order valence-electron chi connectivity index (χ3n) is 5.62. The normalized spacial score (nSPS) is 20.2. The first kappa shape index (κ1) is 25.6. The van der Waals surface area contributed by atoms with E-state index in [4.69, 9.17) is 4.74 Å². The number of benzene rings is 1. The standard InChI is InChI=1S/C25H41NO2S2/c1-24(2,3)18-14-19(25(4,5)6)16-20(15-18)30-22-11-9-8-10-21(22)29-17-23(27)26-12-13-28-7/h14-16,21-22H,8-13,17H2,1-7H3,(H,26,27)/t21-,22-/m1/s1. The molecule has 1 fully saturated rings. The Kier molecular flexibility index (Phi) is 9.63. The fraction of sp³-hybridized carbons (Fsp3) is 0.720. The third-order valence-corrected chi connectivity index (χ3v) is 8.59. The van der Waals surface area contributed by atoms with Crippen molar-refractivity contribution >= 4 is 29.4 Å². The molecule has 0 unspecified atom stereocenters. The monoisotopic (exact) mass is 451 g/mol. The van der Waals surface area contributed by atoms with Gasteiger partial charge in [-0.3, -0.25) is 4.79 Å². The summed E-state index contributed by atoms with van der Waals surface area (Å²) in [5.41, 5.74) is 3.10. The van der Waals surface area contributed by atoms with Gasteiger partial charge in [0.05, 0.1) is 12.4 Å². The highest BCUT2D eigenvalue weighted by Gasteiger charge is 2.28. The lowest BCUT2D eigenvalue weighted by Gasteiger charge is -2.32. The van der Waals surface area contributed by atoms with Crippen LogP contribution in [0.1, 0.15) is 78.4 Å². The van der Waals surface area contributed by atoms with Crippen LogP contribution in [0.15, 0.2) is 23.1 Å². The molecule has 5 heteroatoms. The molecule has 3 nitrogen and oxygen atoms in total.